The molecule has 29 heavy (non-hydrogen) atoms. The number of carbonyl (C=O) groups is 1. The molecule has 4 aliphatic rings. The summed E-state index contributed by atoms with van der Waals surface area (Å²) < 4.78 is 16.3. The fourth-order valence-electron chi connectivity index (χ4n) is 6.02. The average Bonchev–Trinajstić information content (AvgIpc) is 3.10. The van der Waals surface area contributed by atoms with Crippen molar-refractivity contribution in [2.24, 2.45) is 17.8 Å². The lowest BCUT2D eigenvalue weighted by Gasteiger charge is -2.56. The summed E-state index contributed by atoms with van der Waals surface area (Å²) >= 11 is 3.16. The second-order valence-corrected chi connectivity index (χ2v) is 9.70. The first-order valence-corrected chi connectivity index (χ1v) is 10.6. The Kier molecular flexibility index (Phi) is 4.27. The number of nitro groups is 1. The van der Waals surface area contributed by atoms with Crippen LogP contribution in [-0.2, 0) is 5.54 Å². The maximum Gasteiger partial charge on any atom is 0.320 e. The van der Waals surface area contributed by atoms with Gasteiger partial charge in [0.2, 0.25) is 5.69 Å². The molecule has 4 saturated carbocycles. The molecule has 4 fully saturated rings. The van der Waals surface area contributed by atoms with Gasteiger partial charge in [0.1, 0.15) is 12.0 Å². The maximum absolute atomic E-state index is 14.1. The normalized spacial score (nSPS) is 29.8. The molecule has 0 atom stereocenters. The Balaban J connectivity index is 1.48. The second-order valence-electron chi connectivity index (χ2n) is 8.78. The van der Waals surface area contributed by atoms with Crippen LogP contribution in [0.5, 0.6) is 0 Å². The van der Waals surface area contributed by atoms with E-state index in [4.69, 9.17) is 0 Å². The van der Waals surface area contributed by atoms with Crippen LogP contribution in [0.25, 0.3) is 0 Å². The van der Waals surface area contributed by atoms with E-state index in [-0.39, 0.29) is 22.6 Å². The number of halogens is 2. The van der Waals surface area contributed by atoms with Gasteiger partial charge in [-0.3, -0.25) is 19.6 Å². The van der Waals surface area contributed by atoms with E-state index in [1.807, 2.05) is 0 Å². The van der Waals surface area contributed by atoms with Crippen molar-refractivity contribution in [2.45, 2.75) is 44.1 Å². The van der Waals surface area contributed by atoms with Crippen molar-refractivity contribution >= 4 is 33.2 Å². The number of hydrogen-bond acceptors (Lipinski definition) is 4. The number of nitrogens with one attached hydrogen (secondary N) is 1. The third-order valence-corrected chi connectivity index (χ3v) is 7.27. The van der Waals surface area contributed by atoms with Gasteiger partial charge in [-0.05, 0) is 74.5 Å². The Labute approximate surface area is 174 Å². The summed E-state index contributed by atoms with van der Waals surface area (Å²) in [6.45, 7) is 0. The SMILES string of the molecule is O=C(Nc1ccc(Br)cc1F)c1nn(C23CC4CC(CC(C4)C2)C3)cc1[N+](=O)[O-]. The second kappa shape index (κ2) is 6.62. The summed E-state index contributed by atoms with van der Waals surface area (Å²) in [5, 5.41) is 18.4. The summed E-state index contributed by atoms with van der Waals surface area (Å²) in [7, 11) is 0. The van der Waals surface area contributed by atoms with Gasteiger partial charge >= 0.3 is 5.69 Å². The highest BCUT2D eigenvalue weighted by atomic mass is 79.9. The van der Waals surface area contributed by atoms with Crippen LogP contribution in [-0.4, -0.2) is 20.6 Å². The molecular weight excluding hydrogens is 443 g/mol. The molecule has 1 amide bonds. The molecular formula is C20H20BrFN4O3. The Bertz CT molecular complexity index is 986. The van der Waals surface area contributed by atoms with Gasteiger partial charge in [0.25, 0.3) is 5.91 Å². The summed E-state index contributed by atoms with van der Waals surface area (Å²) in [4.78, 5) is 23.8. The number of rotatable bonds is 4. The molecule has 0 aliphatic heterocycles. The fourth-order valence-corrected chi connectivity index (χ4v) is 6.35. The van der Waals surface area contributed by atoms with Gasteiger partial charge in [0.15, 0.2) is 0 Å². The molecule has 1 aromatic heterocycles. The fraction of sp³-hybridized carbons (Fsp3) is 0.500. The highest BCUT2D eigenvalue weighted by Gasteiger charge is 2.53. The third kappa shape index (κ3) is 3.15. The minimum atomic E-state index is -0.776. The zero-order valence-electron chi connectivity index (χ0n) is 15.6. The minimum Gasteiger partial charge on any atom is -0.318 e. The van der Waals surface area contributed by atoms with E-state index >= 15 is 0 Å². The van der Waals surface area contributed by atoms with Crippen molar-refractivity contribution in [3.05, 3.63) is 50.5 Å². The third-order valence-electron chi connectivity index (χ3n) is 6.78. The first-order valence-electron chi connectivity index (χ1n) is 9.84. The first kappa shape index (κ1) is 18.7. The molecule has 1 heterocycles. The van der Waals surface area contributed by atoms with Crippen LogP contribution >= 0.6 is 15.9 Å². The van der Waals surface area contributed by atoms with Crippen LogP contribution in [0.15, 0.2) is 28.9 Å². The van der Waals surface area contributed by atoms with Gasteiger partial charge in [-0.25, -0.2) is 4.39 Å². The number of hydrogen-bond donors (Lipinski definition) is 1. The lowest BCUT2D eigenvalue weighted by molar-refractivity contribution is -0.385. The number of nitrogens with zero attached hydrogens (tertiary/aromatic N) is 3. The quantitative estimate of drug-likeness (QED) is 0.518. The van der Waals surface area contributed by atoms with Gasteiger partial charge < -0.3 is 5.32 Å². The Hall–Kier alpha value is -2.29. The number of benzene rings is 1. The molecule has 4 aliphatic carbocycles. The van der Waals surface area contributed by atoms with E-state index in [1.54, 1.807) is 10.7 Å². The van der Waals surface area contributed by atoms with Crippen molar-refractivity contribution in [3.63, 3.8) is 0 Å². The molecule has 0 saturated heterocycles. The van der Waals surface area contributed by atoms with Gasteiger partial charge in [-0.2, -0.15) is 5.10 Å². The molecule has 0 spiro atoms. The Morgan fingerprint density at radius 3 is 2.41 bits per heavy atom. The number of amides is 1. The molecule has 2 aromatic rings. The predicted molar refractivity (Wildman–Crippen MR) is 107 cm³/mol. The van der Waals surface area contributed by atoms with E-state index in [2.05, 4.69) is 26.3 Å². The van der Waals surface area contributed by atoms with Crippen molar-refractivity contribution < 1.29 is 14.1 Å². The van der Waals surface area contributed by atoms with Gasteiger partial charge in [-0.1, -0.05) is 15.9 Å². The van der Waals surface area contributed by atoms with Gasteiger partial charge in [0, 0.05) is 4.47 Å². The Morgan fingerprint density at radius 2 is 1.86 bits per heavy atom. The van der Waals surface area contributed by atoms with E-state index in [1.165, 1.54) is 37.6 Å². The molecule has 6 rings (SSSR count). The molecule has 4 bridgehead atoms. The summed E-state index contributed by atoms with van der Waals surface area (Å²) in [5.41, 5.74) is -0.887. The van der Waals surface area contributed by atoms with Crippen molar-refractivity contribution in [1.29, 1.82) is 0 Å². The van der Waals surface area contributed by atoms with Crippen LogP contribution in [0.2, 0.25) is 0 Å². The van der Waals surface area contributed by atoms with Crippen LogP contribution in [0.1, 0.15) is 49.0 Å². The number of anilines is 1. The predicted octanol–water partition coefficient (Wildman–Crippen LogP) is 4.87. The lowest BCUT2D eigenvalue weighted by Crippen LogP contribution is -2.52. The monoisotopic (exact) mass is 462 g/mol. The van der Waals surface area contributed by atoms with Crippen LogP contribution in [0.3, 0.4) is 0 Å². The van der Waals surface area contributed by atoms with Crippen molar-refractivity contribution in [1.82, 2.24) is 9.78 Å². The highest BCUT2D eigenvalue weighted by Crippen LogP contribution is 2.58. The van der Waals surface area contributed by atoms with E-state index in [0.717, 1.165) is 19.3 Å². The lowest BCUT2D eigenvalue weighted by atomic mass is 9.53. The number of carbonyl (C=O) groups excluding carboxylic acids is 1. The molecule has 7 nitrogen and oxygen atoms in total. The van der Waals surface area contributed by atoms with Gasteiger partial charge in [-0.15, -0.1) is 0 Å². The zero-order chi connectivity index (χ0) is 20.3. The van der Waals surface area contributed by atoms with Crippen LogP contribution < -0.4 is 5.32 Å². The average molecular weight is 463 g/mol. The van der Waals surface area contributed by atoms with E-state index in [9.17, 15) is 19.3 Å². The molecule has 1 N–H and O–H groups in total. The summed E-state index contributed by atoms with van der Waals surface area (Å²) in [6, 6.07) is 4.21. The highest BCUT2D eigenvalue weighted by molar-refractivity contribution is 9.10. The molecule has 9 heteroatoms. The molecule has 0 unspecified atom stereocenters. The van der Waals surface area contributed by atoms with Crippen LogP contribution in [0, 0.1) is 33.7 Å². The summed E-state index contributed by atoms with van der Waals surface area (Å²) in [6.07, 6.45) is 7.98. The molecule has 152 valence electrons. The van der Waals surface area contributed by atoms with E-state index in [0.29, 0.717) is 22.2 Å². The largest absolute Gasteiger partial charge is 0.320 e. The van der Waals surface area contributed by atoms with Crippen LogP contribution in [0.4, 0.5) is 15.8 Å². The summed E-state index contributed by atoms with van der Waals surface area (Å²) in [5.74, 6) is 0.508. The zero-order valence-corrected chi connectivity index (χ0v) is 17.2. The maximum atomic E-state index is 14.1. The number of aromatic nitrogens is 2. The smallest absolute Gasteiger partial charge is 0.318 e. The standard InChI is InChI=1S/C20H20BrFN4O3/c21-14-1-2-16(15(22)6-14)23-19(27)18-17(26(28)29)10-25(24-18)20-7-11-3-12(8-20)5-13(4-11)9-20/h1-2,6,10-13H,3-5,7-9H2,(H,23,27). The van der Waals surface area contributed by atoms with E-state index < -0.39 is 16.6 Å². The topological polar surface area (TPSA) is 90.1 Å². The Morgan fingerprint density at radius 1 is 1.24 bits per heavy atom. The molecule has 1 aromatic carbocycles. The molecule has 0 radical (unpaired) electrons. The van der Waals surface area contributed by atoms with Crippen molar-refractivity contribution in [3.8, 4) is 0 Å². The van der Waals surface area contributed by atoms with Crippen molar-refractivity contribution in [2.75, 3.05) is 5.32 Å². The minimum absolute atomic E-state index is 0.0446. The first-order chi connectivity index (χ1) is 13.8. The van der Waals surface area contributed by atoms with Gasteiger partial charge in [0.05, 0.1) is 16.1 Å².